The van der Waals surface area contributed by atoms with Crippen LogP contribution < -0.4 is 10.6 Å². The number of hydrogen-bond acceptors (Lipinski definition) is 3. The molecule has 1 aliphatic rings. The Hall–Kier alpha value is -2.11. The van der Waals surface area contributed by atoms with Crippen LogP contribution in [0.25, 0.3) is 0 Å². The first-order chi connectivity index (χ1) is 10.4. The van der Waals surface area contributed by atoms with Gasteiger partial charge in [0, 0.05) is 18.8 Å². The normalized spacial score (nSPS) is 15.1. The zero-order valence-corrected chi connectivity index (χ0v) is 13.1. The average Bonchev–Trinajstić information content (AvgIpc) is 3.25. The van der Waals surface area contributed by atoms with Crippen LogP contribution in [0.2, 0.25) is 0 Å². The van der Waals surface area contributed by atoms with Crippen LogP contribution in [0, 0.1) is 12.7 Å². The summed E-state index contributed by atoms with van der Waals surface area (Å²) >= 11 is 0. The van der Waals surface area contributed by atoms with Gasteiger partial charge in [0.1, 0.15) is 11.9 Å². The lowest BCUT2D eigenvalue weighted by Crippen LogP contribution is -2.44. The number of likely N-dealkylation sites (N-methyl/N-ethyl adjacent to an activating group) is 1. The van der Waals surface area contributed by atoms with Gasteiger partial charge >= 0.3 is 0 Å². The topological polar surface area (TPSA) is 61.4 Å². The molecule has 0 aliphatic heterocycles. The maximum absolute atomic E-state index is 13.2. The van der Waals surface area contributed by atoms with Gasteiger partial charge in [0.25, 0.3) is 0 Å². The third kappa shape index (κ3) is 4.44. The number of halogens is 1. The second-order valence-electron chi connectivity index (χ2n) is 5.87. The zero-order valence-electron chi connectivity index (χ0n) is 13.1. The van der Waals surface area contributed by atoms with E-state index in [1.54, 1.807) is 33.0 Å². The number of nitrogens with one attached hydrogen (secondary N) is 2. The number of amides is 2. The fraction of sp³-hybridized carbons (Fsp3) is 0.500. The maximum Gasteiger partial charge on any atom is 0.244 e. The largest absolute Gasteiger partial charge is 0.374 e. The third-order valence-corrected chi connectivity index (χ3v) is 3.61. The van der Waals surface area contributed by atoms with Crippen LogP contribution in [0.4, 0.5) is 10.1 Å². The second-order valence-corrected chi connectivity index (χ2v) is 5.87. The van der Waals surface area contributed by atoms with Crippen LogP contribution in [-0.2, 0) is 9.59 Å². The summed E-state index contributed by atoms with van der Waals surface area (Å²) in [6.45, 7) is 3.43. The molecule has 0 spiro atoms. The first kappa shape index (κ1) is 16.3. The van der Waals surface area contributed by atoms with Gasteiger partial charge in [-0.05, 0) is 50.5 Å². The molecule has 2 amide bonds. The lowest BCUT2D eigenvalue weighted by Gasteiger charge is -2.22. The fourth-order valence-electron chi connectivity index (χ4n) is 2.17. The molecule has 0 unspecified atom stereocenters. The van der Waals surface area contributed by atoms with Crippen LogP contribution in [0.1, 0.15) is 25.3 Å². The minimum absolute atomic E-state index is 0.0454. The molecule has 2 rings (SSSR count). The summed E-state index contributed by atoms with van der Waals surface area (Å²) in [4.78, 5) is 25.3. The molecule has 1 saturated carbocycles. The first-order valence-corrected chi connectivity index (χ1v) is 7.44. The molecule has 0 aromatic heterocycles. The van der Waals surface area contributed by atoms with Gasteiger partial charge in [-0.3, -0.25) is 9.59 Å². The Bertz CT molecular complexity index is 573. The Labute approximate surface area is 129 Å². The summed E-state index contributed by atoms with van der Waals surface area (Å²) in [6.07, 6.45) is 2.04. The Morgan fingerprint density at radius 1 is 1.41 bits per heavy atom. The van der Waals surface area contributed by atoms with Crippen molar-refractivity contribution in [3.63, 3.8) is 0 Å². The molecule has 1 aromatic carbocycles. The van der Waals surface area contributed by atoms with E-state index < -0.39 is 6.04 Å². The monoisotopic (exact) mass is 307 g/mol. The van der Waals surface area contributed by atoms with E-state index in [1.165, 1.54) is 11.0 Å². The van der Waals surface area contributed by atoms with Crippen molar-refractivity contribution in [1.29, 1.82) is 0 Å². The molecule has 0 bridgehead atoms. The number of anilines is 1. The summed E-state index contributed by atoms with van der Waals surface area (Å²) in [5.74, 6) is -0.602. The molecule has 1 aromatic rings. The number of carbonyl (C=O) groups is 2. The number of aryl methyl sites for hydroxylation is 1. The maximum atomic E-state index is 13.2. The van der Waals surface area contributed by atoms with E-state index in [0.29, 0.717) is 11.3 Å². The van der Waals surface area contributed by atoms with E-state index in [9.17, 15) is 14.0 Å². The van der Waals surface area contributed by atoms with Gasteiger partial charge in [0.2, 0.25) is 11.8 Å². The van der Waals surface area contributed by atoms with Gasteiger partial charge in [0.15, 0.2) is 0 Å². The van der Waals surface area contributed by atoms with Crippen molar-refractivity contribution in [2.24, 2.45) is 0 Å². The molecule has 22 heavy (non-hydrogen) atoms. The Morgan fingerprint density at radius 2 is 2.09 bits per heavy atom. The number of rotatable bonds is 6. The molecule has 0 saturated heterocycles. The summed E-state index contributed by atoms with van der Waals surface area (Å²) in [7, 11) is 1.60. The van der Waals surface area contributed by atoms with Gasteiger partial charge in [-0.25, -0.2) is 4.39 Å². The summed E-state index contributed by atoms with van der Waals surface area (Å²) < 4.78 is 13.2. The van der Waals surface area contributed by atoms with Crippen molar-refractivity contribution in [2.75, 3.05) is 18.9 Å². The van der Waals surface area contributed by atoms with E-state index in [1.807, 2.05) is 0 Å². The molecule has 2 N–H and O–H groups in total. The molecule has 6 heteroatoms. The quantitative estimate of drug-likeness (QED) is 0.840. The highest BCUT2D eigenvalue weighted by Crippen LogP contribution is 2.18. The minimum Gasteiger partial charge on any atom is -0.374 e. The van der Waals surface area contributed by atoms with E-state index in [-0.39, 0.29) is 30.2 Å². The van der Waals surface area contributed by atoms with Gasteiger partial charge in [-0.15, -0.1) is 0 Å². The number of nitrogens with zero attached hydrogens (tertiary/aromatic N) is 1. The van der Waals surface area contributed by atoms with Crippen molar-refractivity contribution in [3.05, 3.63) is 29.6 Å². The van der Waals surface area contributed by atoms with Crippen LogP contribution >= 0.6 is 0 Å². The lowest BCUT2D eigenvalue weighted by atomic mass is 10.2. The third-order valence-electron chi connectivity index (χ3n) is 3.61. The van der Waals surface area contributed by atoms with Crippen molar-refractivity contribution >= 4 is 17.5 Å². The van der Waals surface area contributed by atoms with Crippen molar-refractivity contribution in [1.82, 2.24) is 10.2 Å². The van der Waals surface area contributed by atoms with Crippen molar-refractivity contribution < 1.29 is 14.0 Å². The Kier molecular flexibility index (Phi) is 5.00. The predicted octanol–water partition coefficient (Wildman–Crippen LogP) is 1.67. The van der Waals surface area contributed by atoms with E-state index in [0.717, 1.165) is 12.8 Å². The highest BCUT2D eigenvalue weighted by atomic mass is 19.1. The molecular weight excluding hydrogens is 285 g/mol. The van der Waals surface area contributed by atoms with Crippen molar-refractivity contribution in [2.45, 2.75) is 38.8 Å². The van der Waals surface area contributed by atoms with E-state index >= 15 is 0 Å². The van der Waals surface area contributed by atoms with Crippen LogP contribution in [0.5, 0.6) is 0 Å². The highest BCUT2D eigenvalue weighted by Gasteiger charge is 2.25. The van der Waals surface area contributed by atoms with Gasteiger partial charge in [-0.1, -0.05) is 0 Å². The Balaban J connectivity index is 1.86. The van der Waals surface area contributed by atoms with E-state index in [2.05, 4.69) is 10.6 Å². The Morgan fingerprint density at radius 3 is 2.68 bits per heavy atom. The molecule has 1 atom stereocenters. The molecule has 120 valence electrons. The minimum atomic E-state index is -0.497. The molecule has 0 radical (unpaired) electrons. The summed E-state index contributed by atoms with van der Waals surface area (Å²) in [5, 5.41) is 5.87. The molecule has 5 nitrogen and oxygen atoms in total. The lowest BCUT2D eigenvalue weighted by molar-refractivity contribution is -0.135. The second kappa shape index (κ2) is 6.77. The number of hydrogen-bond donors (Lipinski definition) is 2. The van der Waals surface area contributed by atoms with Crippen LogP contribution in [0.15, 0.2) is 18.2 Å². The average molecular weight is 307 g/mol. The standard InChI is InChI=1S/C16H22FN3O2/c1-10-8-13(6-7-14(10)17)18-11(2)16(22)20(3)9-15(21)19-12-4-5-12/h6-8,11-12,18H,4-5,9H2,1-3H3,(H,19,21)/t11-/m1/s1. The van der Waals surface area contributed by atoms with Gasteiger partial charge in [0.05, 0.1) is 6.54 Å². The molecule has 0 heterocycles. The summed E-state index contributed by atoms with van der Waals surface area (Å²) in [5.41, 5.74) is 1.19. The first-order valence-electron chi connectivity index (χ1n) is 7.44. The summed E-state index contributed by atoms with van der Waals surface area (Å²) in [6, 6.07) is 4.39. The smallest absolute Gasteiger partial charge is 0.244 e. The SMILES string of the molecule is Cc1cc(N[C@H](C)C(=O)N(C)CC(=O)NC2CC2)ccc1F. The van der Waals surface area contributed by atoms with Gasteiger partial charge < -0.3 is 15.5 Å². The molecular formula is C16H22FN3O2. The van der Waals surface area contributed by atoms with Crippen molar-refractivity contribution in [3.8, 4) is 0 Å². The molecule has 1 fully saturated rings. The molecule has 1 aliphatic carbocycles. The predicted molar refractivity (Wildman–Crippen MR) is 83.0 cm³/mol. The number of carbonyl (C=O) groups excluding carboxylic acids is 2. The zero-order chi connectivity index (χ0) is 16.3. The van der Waals surface area contributed by atoms with E-state index in [4.69, 9.17) is 0 Å². The number of benzene rings is 1. The fourth-order valence-corrected chi connectivity index (χ4v) is 2.17. The van der Waals surface area contributed by atoms with Crippen LogP contribution in [-0.4, -0.2) is 42.4 Å². The highest BCUT2D eigenvalue weighted by molar-refractivity contribution is 5.88. The van der Waals surface area contributed by atoms with Gasteiger partial charge in [-0.2, -0.15) is 0 Å². The van der Waals surface area contributed by atoms with Crippen LogP contribution in [0.3, 0.4) is 0 Å².